The van der Waals surface area contributed by atoms with Gasteiger partial charge in [0.25, 0.3) is 0 Å². The van der Waals surface area contributed by atoms with E-state index in [-0.39, 0.29) is 6.04 Å². The summed E-state index contributed by atoms with van der Waals surface area (Å²) in [6, 6.07) is 8.11. The van der Waals surface area contributed by atoms with Crippen LogP contribution in [-0.2, 0) is 13.6 Å². The van der Waals surface area contributed by atoms with Gasteiger partial charge < -0.3 is 14.3 Å². The Kier molecular flexibility index (Phi) is 3.54. The highest BCUT2D eigenvalue weighted by Gasteiger charge is 2.11. The summed E-state index contributed by atoms with van der Waals surface area (Å²) < 4.78 is 7.26. The Labute approximate surface area is 107 Å². The SMILES string of the molecule is Cc1c(CN[C@@H](C)c2ccco2)cc(C#N)n1C. The molecule has 4 heteroatoms. The summed E-state index contributed by atoms with van der Waals surface area (Å²) >= 11 is 0. The van der Waals surface area contributed by atoms with Crippen molar-refractivity contribution in [3.63, 3.8) is 0 Å². The lowest BCUT2D eigenvalue weighted by Gasteiger charge is -2.11. The van der Waals surface area contributed by atoms with Crippen molar-refractivity contribution in [2.45, 2.75) is 26.4 Å². The van der Waals surface area contributed by atoms with Gasteiger partial charge in [-0.3, -0.25) is 0 Å². The van der Waals surface area contributed by atoms with Crippen molar-refractivity contribution < 1.29 is 4.42 Å². The molecule has 2 aromatic rings. The molecule has 2 rings (SSSR count). The minimum Gasteiger partial charge on any atom is -0.468 e. The molecule has 1 atom stereocenters. The van der Waals surface area contributed by atoms with Gasteiger partial charge in [-0.2, -0.15) is 5.26 Å². The van der Waals surface area contributed by atoms with Gasteiger partial charge in [0.05, 0.1) is 12.3 Å². The third-order valence-electron chi connectivity index (χ3n) is 3.32. The second-order valence-electron chi connectivity index (χ2n) is 4.43. The summed E-state index contributed by atoms with van der Waals surface area (Å²) in [5.41, 5.74) is 2.95. The maximum Gasteiger partial charge on any atom is 0.120 e. The van der Waals surface area contributed by atoms with Crippen molar-refractivity contribution in [2.75, 3.05) is 0 Å². The van der Waals surface area contributed by atoms with E-state index in [4.69, 9.17) is 9.68 Å². The Balaban J connectivity index is 2.05. The van der Waals surface area contributed by atoms with Gasteiger partial charge in [0, 0.05) is 19.3 Å². The number of hydrogen-bond donors (Lipinski definition) is 1. The van der Waals surface area contributed by atoms with Crippen molar-refractivity contribution >= 4 is 0 Å². The normalized spacial score (nSPS) is 12.3. The van der Waals surface area contributed by atoms with E-state index in [1.807, 2.05) is 36.7 Å². The minimum atomic E-state index is 0.158. The largest absolute Gasteiger partial charge is 0.468 e. The Bertz CT molecular complexity index is 561. The van der Waals surface area contributed by atoms with Crippen LogP contribution in [0, 0.1) is 18.3 Å². The van der Waals surface area contributed by atoms with Crippen molar-refractivity contribution in [2.24, 2.45) is 7.05 Å². The second kappa shape index (κ2) is 5.11. The molecular formula is C14H17N3O. The number of rotatable bonds is 4. The molecule has 2 aromatic heterocycles. The van der Waals surface area contributed by atoms with E-state index < -0.39 is 0 Å². The van der Waals surface area contributed by atoms with Crippen molar-refractivity contribution in [1.29, 1.82) is 5.26 Å². The summed E-state index contributed by atoms with van der Waals surface area (Å²) in [4.78, 5) is 0. The van der Waals surface area contributed by atoms with Gasteiger partial charge in [-0.15, -0.1) is 0 Å². The first-order valence-electron chi connectivity index (χ1n) is 5.95. The predicted molar refractivity (Wildman–Crippen MR) is 68.8 cm³/mol. The maximum atomic E-state index is 8.98. The van der Waals surface area contributed by atoms with E-state index in [1.165, 1.54) is 0 Å². The molecule has 0 saturated heterocycles. The number of furan rings is 1. The van der Waals surface area contributed by atoms with Crippen LogP contribution in [0.1, 0.15) is 35.7 Å². The Morgan fingerprint density at radius 3 is 2.89 bits per heavy atom. The van der Waals surface area contributed by atoms with Crippen LogP contribution >= 0.6 is 0 Å². The van der Waals surface area contributed by atoms with E-state index in [0.717, 1.165) is 23.6 Å². The number of nitriles is 1. The van der Waals surface area contributed by atoms with Crippen LogP contribution in [0.3, 0.4) is 0 Å². The molecule has 0 spiro atoms. The third kappa shape index (κ3) is 2.31. The highest BCUT2D eigenvalue weighted by atomic mass is 16.3. The summed E-state index contributed by atoms with van der Waals surface area (Å²) in [6.45, 7) is 4.81. The first-order chi connectivity index (χ1) is 8.63. The summed E-state index contributed by atoms with van der Waals surface area (Å²) in [5, 5.41) is 12.4. The van der Waals surface area contributed by atoms with E-state index in [1.54, 1.807) is 6.26 Å². The molecule has 0 aliphatic rings. The zero-order valence-electron chi connectivity index (χ0n) is 10.9. The van der Waals surface area contributed by atoms with Crippen molar-refractivity contribution in [1.82, 2.24) is 9.88 Å². The summed E-state index contributed by atoms with van der Waals surface area (Å²) in [7, 11) is 1.91. The lowest BCUT2D eigenvalue weighted by molar-refractivity contribution is 0.430. The minimum absolute atomic E-state index is 0.158. The van der Waals surface area contributed by atoms with E-state index in [0.29, 0.717) is 5.69 Å². The molecule has 0 bridgehead atoms. The van der Waals surface area contributed by atoms with E-state index in [2.05, 4.69) is 18.3 Å². The quantitative estimate of drug-likeness (QED) is 0.898. The highest BCUT2D eigenvalue weighted by molar-refractivity contribution is 5.34. The molecule has 0 aliphatic heterocycles. The number of nitrogens with one attached hydrogen (secondary N) is 1. The van der Waals surface area contributed by atoms with Gasteiger partial charge in [-0.25, -0.2) is 0 Å². The van der Waals surface area contributed by atoms with Crippen molar-refractivity contribution in [3.05, 3.63) is 47.2 Å². The standard InChI is InChI=1S/C14H17N3O/c1-10(14-5-4-6-18-14)16-9-12-7-13(8-15)17(3)11(12)2/h4-7,10,16H,9H2,1-3H3/t10-/m0/s1. The number of nitrogens with zero attached hydrogens (tertiary/aromatic N) is 2. The molecule has 0 radical (unpaired) electrons. The Morgan fingerprint density at radius 1 is 1.56 bits per heavy atom. The van der Waals surface area contributed by atoms with Crippen LogP contribution in [-0.4, -0.2) is 4.57 Å². The fraction of sp³-hybridized carbons (Fsp3) is 0.357. The van der Waals surface area contributed by atoms with Crippen LogP contribution in [0.4, 0.5) is 0 Å². The third-order valence-corrected chi connectivity index (χ3v) is 3.32. The first-order valence-corrected chi connectivity index (χ1v) is 5.95. The lowest BCUT2D eigenvalue weighted by atomic mass is 10.2. The summed E-state index contributed by atoms with van der Waals surface area (Å²) in [6.07, 6.45) is 1.68. The van der Waals surface area contributed by atoms with Crippen LogP contribution in [0.2, 0.25) is 0 Å². The zero-order chi connectivity index (χ0) is 13.1. The molecule has 0 saturated carbocycles. The predicted octanol–water partition coefficient (Wildman–Crippen LogP) is 2.65. The van der Waals surface area contributed by atoms with Crippen LogP contribution in [0.15, 0.2) is 28.9 Å². The molecule has 0 aliphatic carbocycles. The average molecular weight is 243 g/mol. The molecule has 18 heavy (non-hydrogen) atoms. The fourth-order valence-corrected chi connectivity index (χ4v) is 1.95. The van der Waals surface area contributed by atoms with Crippen LogP contribution in [0.25, 0.3) is 0 Å². The van der Waals surface area contributed by atoms with Gasteiger partial charge in [-0.05, 0) is 37.6 Å². The first kappa shape index (κ1) is 12.5. The van der Waals surface area contributed by atoms with E-state index in [9.17, 15) is 0 Å². The fourth-order valence-electron chi connectivity index (χ4n) is 1.95. The monoisotopic (exact) mass is 243 g/mol. The molecule has 0 amide bonds. The smallest absolute Gasteiger partial charge is 0.120 e. The topological polar surface area (TPSA) is 53.9 Å². The zero-order valence-corrected chi connectivity index (χ0v) is 10.9. The van der Waals surface area contributed by atoms with Gasteiger partial charge in [0.2, 0.25) is 0 Å². The molecule has 0 aromatic carbocycles. The van der Waals surface area contributed by atoms with Gasteiger partial charge in [0.15, 0.2) is 0 Å². The molecule has 1 N–H and O–H groups in total. The number of hydrogen-bond acceptors (Lipinski definition) is 3. The highest BCUT2D eigenvalue weighted by Crippen LogP contribution is 2.16. The van der Waals surface area contributed by atoms with Gasteiger partial charge in [-0.1, -0.05) is 0 Å². The average Bonchev–Trinajstić information content (AvgIpc) is 2.98. The number of aromatic nitrogens is 1. The van der Waals surface area contributed by atoms with Crippen LogP contribution in [0.5, 0.6) is 0 Å². The van der Waals surface area contributed by atoms with E-state index >= 15 is 0 Å². The maximum absolute atomic E-state index is 8.98. The molecule has 94 valence electrons. The second-order valence-corrected chi connectivity index (χ2v) is 4.43. The van der Waals surface area contributed by atoms with Crippen LogP contribution < -0.4 is 5.32 Å². The molecule has 2 heterocycles. The molecule has 0 unspecified atom stereocenters. The van der Waals surface area contributed by atoms with Crippen molar-refractivity contribution in [3.8, 4) is 6.07 Å². The van der Waals surface area contributed by atoms with Gasteiger partial charge >= 0.3 is 0 Å². The summed E-state index contributed by atoms with van der Waals surface area (Å²) in [5.74, 6) is 0.920. The van der Waals surface area contributed by atoms with Gasteiger partial charge in [0.1, 0.15) is 17.5 Å². The molecule has 0 fully saturated rings. The molecular weight excluding hydrogens is 226 g/mol. The Morgan fingerprint density at radius 2 is 2.33 bits per heavy atom. The Hall–Kier alpha value is -1.99. The lowest BCUT2D eigenvalue weighted by Crippen LogP contribution is -2.17. The molecule has 4 nitrogen and oxygen atoms in total.